The van der Waals surface area contributed by atoms with Crippen molar-refractivity contribution >= 4 is 17.3 Å². The second-order valence-electron chi connectivity index (χ2n) is 5.14. The van der Waals surface area contributed by atoms with Gasteiger partial charge in [-0.05, 0) is 41.8 Å². The predicted molar refractivity (Wildman–Crippen MR) is 80.7 cm³/mol. The summed E-state index contributed by atoms with van der Waals surface area (Å²) in [7, 11) is 0. The molecule has 1 heterocycles. The van der Waals surface area contributed by atoms with Crippen molar-refractivity contribution in [2.24, 2.45) is 5.73 Å². The summed E-state index contributed by atoms with van der Waals surface area (Å²) >= 11 is 5.85. The molecule has 110 valence electrons. The Labute approximate surface area is 127 Å². The number of hydrogen-bond acceptors (Lipinski definition) is 2. The van der Waals surface area contributed by atoms with Gasteiger partial charge in [-0.15, -0.1) is 0 Å². The maximum atomic E-state index is 13.5. The molecule has 1 atom stereocenters. The van der Waals surface area contributed by atoms with Crippen molar-refractivity contribution in [3.8, 4) is 0 Å². The number of anilines is 1. The Bertz CT molecular complexity index is 675. The normalized spacial score (nSPS) is 15.1. The predicted octanol–water partition coefficient (Wildman–Crippen LogP) is 3.68. The molecule has 0 aromatic heterocycles. The molecule has 0 amide bonds. The standard InChI is InChI=1S/C16H15ClF2N2/c17-13-7-11(2-4-14(13)19)16(9-20)21-6-5-10-1-3-12(18)8-15(10)21/h1-4,7-8,16H,5-6,9,20H2. The van der Waals surface area contributed by atoms with E-state index >= 15 is 0 Å². The monoisotopic (exact) mass is 308 g/mol. The van der Waals surface area contributed by atoms with E-state index in [0.717, 1.165) is 29.8 Å². The summed E-state index contributed by atoms with van der Waals surface area (Å²) in [4.78, 5) is 2.06. The second-order valence-corrected chi connectivity index (χ2v) is 5.55. The van der Waals surface area contributed by atoms with Crippen molar-refractivity contribution in [1.82, 2.24) is 0 Å². The Morgan fingerprint density at radius 2 is 2.00 bits per heavy atom. The average molecular weight is 309 g/mol. The summed E-state index contributed by atoms with van der Waals surface area (Å²) in [6, 6.07) is 9.25. The Hall–Kier alpha value is -1.65. The maximum Gasteiger partial charge on any atom is 0.141 e. The van der Waals surface area contributed by atoms with E-state index in [1.54, 1.807) is 18.2 Å². The topological polar surface area (TPSA) is 29.3 Å². The zero-order chi connectivity index (χ0) is 15.0. The van der Waals surface area contributed by atoms with Crippen LogP contribution >= 0.6 is 11.6 Å². The molecule has 0 saturated carbocycles. The highest BCUT2D eigenvalue weighted by Crippen LogP contribution is 2.36. The SMILES string of the molecule is NCC(c1ccc(F)c(Cl)c1)N1CCc2ccc(F)cc21. The quantitative estimate of drug-likeness (QED) is 0.937. The molecule has 0 bridgehead atoms. The van der Waals surface area contributed by atoms with Crippen LogP contribution < -0.4 is 10.6 Å². The maximum absolute atomic E-state index is 13.5. The van der Waals surface area contributed by atoms with Gasteiger partial charge in [-0.1, -0.05) is 23.7 Å². The molecule has 3 rings (SSSR count). The lowest BCUT2D eigenvalue weighted by atomic mass is 10.0. The summed E-state index contributed by atoms with van der Waals surface area (Å²) in [6.07, 6.45) is 0.848. The first-order valence-electron chi connectivity index (χ1n) is 6.80. The van der Waals surface area contributed by atoms with E-state index < -0.39 is 5.82 Å². The largest absolute Gasteiger partial charge is 0.363 e. The third-order valence-corrected chi connectivity index (χ3v) is 4.20. The number of benzene rings is 2. The lowest BCUT2D eigenvalue weighted by Crippen LogP contribution is -2.32. The van der Waals surface area contributed by atoms with Gasteiger partial charge < -0.3 is 10.6 Å². The van der Waals surface area contributed by atoms with E-state index in [1.807, 2.05) is 0 Å². The molecule has 0 fully saturated rings. The summed E-state index contributed by atoms with van der Waals surface area (Å²) in [5.74, 6) is -0.724. The van der Waals surface area contributed by atoms with E-state index in [0.29, 0.717) is 6.54 Å². The fourth-order valence-corrected chi connectivity index (χ4v) is 3.05. The lowest BCUT2D eigenvalue weighted by molar-refractivity contribution is 0.615. The van der Waals surface area contributed by atoms with Crippen molar-refractivity contribution in [3.05, 3.63) is 64.2 Å². The molecule has 2 aromatic carbocycles. The number of hydrogen-bond donors (Lipinski definition) is 1. The van der Waals surface area contributed by atoms with Crippen LogP contribution in [0.1, 0.15) is 17.2 Å². The van der Waals surface area contributed by atoms with Crippen LogP contribution in [0.25, 0.3) is 0 Å². The van der Waals surface area contributed by atoms with Crippen molar-refractivity contribution in [2.45, 2.75) is 12.5 Å². The summed E-state index contributed by atoms with van der Waals surface area (Å²) in [5.41, 5.74) is 8.68. The number of nitrogens with zero attached hydrogens (tertiary/aromatic N) is 1. The van der Waals surface area contributed by atoms with Gasteiger partial charge in [0.05, 0.1) is 11.1 Å². The van der Waals surface area contributed by atoms with Crippen LogP contribution in [0.4, 0.5) is 14.5 Å². The van der Waals surface area contributed by atoms with Gasteiger partial charge in [0, 0.05) is 18.8 Å². The fourth-order valence-electron chi connectivity index (χ4n) is 2.86. The van der Waals surface area contributed by atoms with Crippen LogP contribution in [-0.2, 0) is 6.42 Å². The van der Waals surface area contributed by atoms with Gasteiger partial charge in [-0.2, -0.15) is 0 Å². The Kier molecular flexibility index (Phi) is 3.83. The molecule has 1 aliphatic rings. The van der Waals surface area contributed by atoms with Crippen molar-refractivity contribution in [1.29, 1.82) is 0 Å². The third kappa shape index (κ3) is 2.61. The van der Waals surface area contributed by atoms with Gasteiger partial charge in [0.25, 0.3) is 0 Å². The molecular formula is C16H15ClF2N2. The number of fused-ring (bicyclic) bond motifs is 1. The smallest absolute Gasteiger partial charge is 0.141 e. The molecule has 1 aliphatic heterocycles. The fraction of sp³-hybridized carbons (Fsp3) is 0.250. The van der Waals surface area contributed by atoms with Crippen LogP contribution in [0.2, 0.25) is 5.02 Å². The first-order chi connectivity index (χ1) is 10.1. The Morgan fingerprint density at radius 1 is 1.19 bits per heavy atom. The van der Waals surface area contributed by atoms with Gasteiger partial charge in [-0.3, -0.25) is 0 Å². The van der Waals surface area contributed by atoms with Gasteiger partial charge >= 0.3 is 0 Å². The van der Waals surface area contributed by atoms with E-state index in [4.69, 9.17) is 17.3 Å². The highest BCUT2D eigenvalue weighted by atomic mass is 35.5. The molecule has 0 radical (unpaired) electrons. The first kappa shape index (κ1) is 14.3. The van der Waals surface area contributed by atoms with Crippen molar-refractivity contribution in [2.75, 3.05) is 18.0 Å². The van der Waals surface area contributed by atoms with Crippen LogP contribution in [0, 0.1) is 11.6 Å². The van der Waals surface area contributed by atoms with Gasteiger partial charge in [0.15, 0.2) is 0 Å². The molecule has 2 nitrogen and oxygen atoms in total. The van der Waals surface area contributed by atoms with Gasteiger partial charge in [0.1, 0.15) is 11.6 Å². The second kappa shape index (κ2) is 5.62. The molecular weight excluding hydrogens is 294 g/mol. The minimum Gasteiger partial charge on any atom is -0.363 e. The minimum absolute atomic E-state index is 0.0737. The van der Waals surface area contributed by atoms with E-state index in [-0.39, 0.29) is 16.9 Å². The molecule has 1 unspecified atom stereocenters. The van der Waals surface area contributed by atoms with E-state index in [1.165, 1.54) is 18.2 Å². The summed E-state index contributed by atoms with van der Waals surface area (Å²) < 4.78 is 26.8. The van der Waals surface area contributed by atoms with Crippen molar-refractivity contribution < 1.29 is 8.78 Å². The van der Waals surface area contributed by atoms with Crippen LogP contribution in [0.3, 0.4) is 0 Å². The zero-order valence-corrected chi connectivity index (χ0v) is 12.1. The van der Waals surface area contributed by atoms with E-state index in [9.17, 15) is 8.78 Å². The third-order valence-electron chi connectivity index (χ3n) is 3.91. The molecule has 0 saturated heterocycles. The lowest BCUT2D eigenvalue weighted by Gasteiger charge is -2.30. The molecule has 0 spiro atoms. The number of nitrogens with two attached hydrogens (primary N) is 1. The molecule has 2 aromatic rings. The van der Waals surface area contributed by atoms with Crippen LogP contribution in [0.15, 0.2) is 36.4 Å². The Morgan fingerprint density at radius 3 is 2.71 bits per heavy atom. The summed E-state index contributed by atoms with van der Waals surface area (Å²) in [5, 5.41) is 0.0737. The highest BCUT2D eigenvalue weighted by molar-refractivity contribution is 6.30. The molecule has 2 N–H and O–H groups in total. The highest BCUT2D eigenvalue weighted by Gasteiger charge is 2.27. The average Bonchev–Trinajstić information content (AvgIpc) is 2.87. The van der Waals surface area contributed by atoms with Crippen LogP contribution in [-0.4, -0.2) is 13.1 Å². The van der Waals surface area contributed by atoms with Crippen LogP contribution in [0.5, 0.6) is 0 Å². The molecule has 5 heteroatoms. The Balaban J connectivity index is 1.98. The minimum atomic E-state index is -0.455. The number of rotatable bonds is 3. The molecule has 0 aliphatic carbocycles. The van der Waals surface area contributed by atoms with Crippen molar-refractivity contribution in [3.63, 3.8) is 0 Å². The van der Waals surface area contributed by atoms with E-state index in [2.05, 4.69) is 4.90 Å². The van der Waals surface area contributed by atoms with Gasteiger partial charge in [-0.25, -0.2) is 8.78 Å². The zero-order valence-electron chi connectivity index (χ0n) is 11.3. The molecule has 21 heavy (non-hydrogen) atoms. The summed E-state index contributed by atoms with van der Waals surface area (Å²) in [6.45, 7) is 1.10. The van der Waals surface area contributed by atoms with Gasteiger partial charge in [0.2, 0.25) is 0 Å². The number of halogens is 3. The first-order valence-corrected chi connectivity index (χ1v) is 7.18.